The molecule has 0 saturated carbocycles. The number of nitro benzene ring substituents is 1. The number of hydrogen-bond donors (Lipinski definition) is 0. The Labute approximate surface area is 112 Å². The van der Waals surface area contributed by atoms with Crippen LogP contribution in [0.15, 0.2) is 23.1 Å². The van der Waals surface area contributed by atoms with Crippen LogP contribution in [0.25, 0.3) is 0 Å². The second-order valence-electron chi connectivity index (χ2n) is 2.32. The van der Waals surface area contributed by atoms with E-state index in [0.717, 1.165) is 12.1 Å². The number of halogens is 1. The van der Waals surface area contributed by atoms with Gasteiger partial charge in [0.15, 0.2) is 0 Å². The number of nitrogens with zero attached hydrogens (tertiary/aromatic N) is 1. The molecule has 0 aliphatic rings. The van der Waals surface area contributed by atoms with Crippen LogP contribution in [0.2, 0.25) is 5.02 Å². The van der Waals surface area contributed by atoms with Gasteiger partial charge in [0.2, 0.25) is 0 Å². The van der Waals surface area contributed by atoms with Gasteiger partial charge in [0.1, 0.15) is 15.1 Å². The fraction of sp³-hybridized carbons (Fsp3) is 0. The summed E-state index contributed by atoms with van der Waals surface area (Å²) in [6.45, 7) is 0. The molecule has 1 aromatic rings. The van der Waals surface area contributed by atoms with Crippen LogP contribution in [0.4, 0.5) is 5.69 Å². The van der Waals surface area contributed by atoms with E-state index in [9.17, 15) is 23.1 Å². The van der Waals surface area contributed by atoms with Gasteiger partial charge in [-0.1, -0.05) is 11.6 Å². The van der Waals surface area contributed by atoms with E-state index in [1.165, 1.54) is 0 Å². The molecule has 9 heteroatoms. The molecule has 0 atom stereocenters. The zero-order valence-electron chi connectivity index (χ0n) is 7.51. The summed E-state index contributed by atoms with van der Waals surface area (Å²) in [5.74, 6) is 0. The third kappa shape index (κ3) is 3.71. The van der Waals surface area contributed by atoms with Crippen molar-refractivity contribution in [1.29, 1.82) is 0 Å². The first-order valence-corrected chi connectivity index (χ1v) is 5.01. The smallest absolute Gasteiger partial charge is 0.744 e. The summed E-state index contributed by atoms with van der Waals surface area (Å²) in [5.41, 5.74) is -0.608. The number of nitro groups is 1. The maximum atomic E-state index is 10.5. The number of hydrogen-bond acceptors (Lipinski definition) is 5. The summed E-state index contributed by atoms with van der Waals surface area (Å²) in [5, 5.41) is 10.1. The van der Waals surface area contributed by atoms with Crippen LogP contribution in [-0.4, -0.2) is 17.9 Å². The summed E-state index contributed by atoms with van der Waals surface area (Å²) in [6.07, 6.45) is 0. The minimum Gasteiger partial charge on any atom is -0.744 e. The zero-order chi connectivity index (χ0) is 10.9. The van der Waals surface area contributed by atoms with Gasteiger partial charge in [0.25, 0.3) is 5.69 Å². The van der Waals surface area contributed by atoms with Crippen molar-refractivity contribution in [1.82, 2.24) is 0 Å². The van der Waals surface area contributed by atoms with Gasteiger partial charge < -0.3 is 4.55 Å². The maximum absolute atomic E-state index is 10.5. The molecule has 0 amide bonds. The minimum atomic E-state index is -4.69. The van der Waals surface area contributed by atoms with Crippen LogP contribution in [0.1, 0.15) is 0 Å². The Kier molecular flexibility index (Phi) is 5.18. The van der Waals surface area contributed by atoms with E-state index in [2.05, 4.69) is 0 Å². The fourth-order valence-corrected chi connectivity index (χ4v) is 1.47. The second kappa shape index (κ2) is 5.24. The third-order valence-electron chi connectivity index (χ3n) is 1.40. The van der Waals surface area contributed by atoms with Crippen LogP contribution >= 0.6 is 11.6 Å². The molecule has 0 saturated heterocycles. The Hall–Kier alpha value is -0.180. The molecule has 1 aromatic carbocycles. The molecule has 0 radical (unpaired) electrons. The van der Waals surface area contributed by atoms with Gasteiger partial charge in [-0.25, -0.2) is 8.42 Å². The molecule has 0 heterocycles. The van der Waals surface area contributed by atoms with E-state index in [1.54, 1.807) is 0 Å². The van der Waals surface area contributed by atoms with Crippen molar-refractivity contribution in [2.75, 3.05) is 0 Å². The Bertz CT molecular complexity index is 488. The molecule has 1 rings (SSSR count). The van der Waals surface area contributed by atoms with Crippen LogP contribution in [-0.2, 0) is 10.1 Å². The Morgan fingerprint density at radius 1 is 1.33 bits per heavy atom. The SMILES string of the molecule is O=[N+]([O-])c1cc(S(=O)(=O)[O-])ccc1Cl.[Na+]. The van der Waals surface area contributed by atoms with Gasteiger partial charge in [0, 0.05) is 6.07 Å². The number of benzene rings is 1. The average molecular weight is 260 g/mol. The first-order valence-electron chi connectivity index (χ1n) is 3.22. The second-order valence-corrected chi connectivity index (χ2v) is 4.11. The van der Waals surface area contributed by atoms with E-state index >= 15 is 0 Å². The van der Waals surface area contributed by atoms with Crippen molar-refractivity contribution in [2.45, 2.75) is 4.90 Å². The Morgan fingerprint density at radius 2 is 1.87 bits per heavy atom. The Balaban J connectivity index is 0.00000196. The monoisotopic (exact) mass is 259 g/mol. The fourth-order valence-electron chi connectivity index (χ4n) is 0.788. The maximum Gasteiger partial charge on any atom is 1.00 e. The van der Waals surface area contributed by atoms with Crippen LogP contribution in [0, 0.1) is 10.1 Å². The van der Waals surface area contributed by atoms with E-state index in [-0.39, 0.29) is 34.6 Å². The molecule has 0 aromatic heterocycles. The van der Waals surface area contributed by atoms with Crippen molar-refractivity contribution in [3.8, 4) is 0 Å². The summed E-state index contributed by atoms with van der Waals surface area (Å²) in [6, 6.07) is 2.53. The zero-order valence-corrected chi connectivity index (χ0v) is 11.1. The molecule has 0 fully saturated rings. The average Bonchev–Trinajstić information content (AvgIpc) is 2.02. The van der Waals surface area contributed by atoms with Gasteiger partial charge in [-0.2, -0.15) is 0 Å². The molecule has 0 aliphatic carbocycles. The molecule has 0 spiro atoms. The molecule has 76 valence electrons. The summed E-state index contributed by atoms with van der Waals surface area (Å²) >= 11 is 5.40. The topological polar surface area (TPSA) is 100 Å². The molecule has 15 heavy (non-hydrogen) atoms. The third-order valence-corrected chi connectivity index (χ3v) is 2.55. The molecular weight excluding hydrogens is 257 g/mol. The summed E-state index contributed by atoms with van der Waals surface area (Å²) in [7, 11) is -4.69. The molecule has 0 unspecified atom stereocenters. The van der Waals surface area contributed by atoms with E-state index < -0.39 is 25.6 Å². The van der Waals surface area contributed by atoms with Gasteiger partial charge >= 0.3 is 29.6 Å². The van der Waals surface area contributed by atoms with Crippen molar-refractivity contribution >= 4 is 27.4 Å². The Morgan fingerprint density at radius 3 is 2.27 bits per heavy atom. The van der Waals surface area contributed by atoms with Crippen molar-refractivity contribution in [3.05, 3.63) is 33.3 Å². The van der Waals surface area contributed by atoms with Gasteiger partial charge in [0.05, 0.1) is 9.82 Å². The van der Waals surface area contributed by atoms with E-state index in [0.29, 0.717) is 6.07 Å². The van der Waals surface area contributed by atoms with Crippen molar-refractivity contribution in [2.24, 2.45) is 0 Å². The molecule has 6 nitrogen and oxygen atoms in total. The quantitative estimate of drug-likeness (QED) is 0.269. The predicted molar refractivity (Wildman–Crippen MR) is 46.1 cm³/mol. The molecular formula is C6H3ClNNaO5S. The predicted octanol–water partition coefficient (Wildman–Crippen LogP) is -1.84. The molecule has 0 N–H and O–H groups in total. The normalized spacial score (nSPS) is 10.5. The van der Waals surface area contributed by atoms with Gasteiger partial charge in [-0.15, -0.1) is 0 Å². The first kappa shape index (κ1) is 14.8. The minimum absolute atomic E-state index is 0. The van der Waals surface area contributed by atoms with Crippen LogP contribution in [0.3, 0.4) is 0 Å². The van der Waals surface area contributed by atoms with Gasteiger partial charge in [-0.3, -0.25) is 10.1 Å². The van der Waals surface area contributed by atoms with Crippen molar-refractivity contribution in [3.63, 3.8) is 0 Å². The summed E-state index contributed by atoms with van der Waals surface area (Å²) < 4.78 is 31.5. The molecule has 0 aliphatic heterocycles. The van der Waals surface area contributed by atoms with E-state index in [1.807, 2.05) is 0 Å². The standard InChI is InChI=1S/C6H4ClNO5S.Na/c7-5-2-1-4(14(11,12)13)3-6(5)8(9)10;/h1-3H,(H,11,12,13);/q;+1/p-1. The first-order chi connectivity index (χ1) is 6.32. The summed E-state index contributed by atoms with van der Waals surface area (Å²) in [4.78, 5) is 8.79. The number of rotatable bonds is 2. The molecule has 0 bridgehead atoms. The van der Waals surface area contributed by atoms with Crippen LogP contribution in [0.5, 0.6) is 0 Å². The van der Waals surface area contributed by atoms with Crippen molar-refractivity contribution < 1.29 is 47.5 Å². The van der Waals surface area contributed by atoms with Gasteiger partial charge in [-0.05, 0) is 12.1 Å². The largest absolute Gasteiger partial charge is 1.00 e. The van der Waals surface area contributed by atoms with Crippen LogP contribution < -0.4 is 29.6 Å². The van der Waals surface area contributed by atoms with E-state index in [4.69, 9.17) is 11.6 Å².